The van der Waals surface area contributed by atoms with Gasteiger partial charge in [0.2, 0.25) is 0 Å². The number of hydrogen-bond donors (Lipinski definition) is 1. The van der Waals surface area contributed by atoms with Gasteiger partial charge in [0.05, 0.1) is 0 Å². The van der Waals surface area contributed by atoms with E-state index in [0.29, 0.717) is 0 Å². The number of hydrogen-bond acceptors (Lipinski definition) is 2. The van der Waals surface area contributed by atoms with E-state index in [9.17, 15) is 5.11 Å². The fourth-order valence-corrected chi connectivity index (χ4v) is 1.60. The first-order chi connectivity index (χ1) is 6.83. The maximum Gasteiger partial charge on any atom is 0.118 e. The minimum atomic E-state index is -0.481. The summed E-state index contributed by atoms with van der Waals surface area (Å²) in [7, 11) is 0. The predicted molar refractivity (Wildman–Crippen MR) is 54.9 cm³/mol. The smallest absolute Gasteiger partial charge is 0.118 e. The van der Waals surface area contributed by atoms with Crippen molar-refractivity contribution < 1.29 is 9.84 Å². The van der Waals surface area contributed by atoms with Crippen LogP contribution in [-0.2, 0) is 4.74 Å². The molecule has 74 valence electrons. The molecule has 1 aromatic rings. The zero-order valence-corrected chi connectivity index (χ0v) is 8.13. The molecule has 14 heavy (non-hydrogen) atoms. The number of allylic oxidation sites excluding steroid dienone is 1. The third-order valence-corrected chi connectivity index (χ3v) is 2.38. The monoisotopic (exact) mass is 190 g/mol. The van der Waals surface area contributed by atoms with Gasteiger partial charge in [0.1, 0.15) is 18.3 Å². The Morgan fingerprint density at radius 1 is 1.36 bits per heavy atom. The lowest BCUT2D eigenvalue weighted by Crippen LogP contribution is -2.11. The minimum Gasteiger partial charge on any atom is -0.386 e. The van der Waals surface area contributed by atoms with E-state index in [1.807, 2.05) is 43.3 Å². The van der Waals surface area contributed by atoms with Crippen LogP contribution >= 0.6 is 0 Å². The number of aliphatic hydroxyl groups excluding tert-OH is 1. The highest BCUT2D eigenvalue weighted by Gasteiger charge is 2.44. The van der Waals surface area contributed by atoms with Gasteiger partial charge in [0.15, 0.2) is 0 Å². The molecule has 1 fully saturated rings. The summed E-state index contributed by atoms with van der Waals surface area (Å²) in [5.41, 5.74) is 1.14. The molecule has 2 nitrogen and oxygen atoms in total. The van der Waals surface area contributed by atoms with E-state index in [0.717, 1.165) is 5.56 Å². The Bertz CT molecular complexity index is 318. The van der Waals surface area contributed by atoms with Crippen molar-refractivity contribution in [2.24, 2.45) is 0 Å². The molecule has 0 aromatic heterocycles. The van der Waals surface area contributed by atoms with Gasteiger partial charge in [-0.1, -0.05) is 42.5 Å². The molecule has 1 aliphatic heterocycles. The average molecular weight is 190 g/mol. The first-order valence-electron chi connectivity index (χ1n) is 4.84. The van der Waals surface area contributed by atoms with Crippen molar-refractivity contribution in [2.45, 2.75) is 25.2 Å². The maximum absolute atomic E-state index is 9.61. The quantitative estimate of drug-likeness (QED) is 0.584. The molecule has 2 rings (SSSR count). The number of aliphatic hydroxyl groups is 1. The minimum absolute atomic E-state index is 0.0615. The molecule has 3 atom stereocenters. The third kappa shape index (κ3) is 1.86. The maximum atomic E-state index is 9.61. The van der Waals surface area contributed by atoms with Crippen molar-refractivity contribution >= 4 is 0 Å². The Labute approximate surface area is 83.8 Å². The van der Waals surface area contributed by atoms with E-state index in [-0.39, 0.29) is 12.2 Å². The molecule has 0 saturated carbocycles. The van der Waals surface area contributed by atoms with Gasteiger partial charge in [-0.2, -0.15) is 0 Å². The second-order valence-electron chi connectivity index (χ2n) is 3.45. The summed E-state index contributed by atoms with van der Waals surface area (Å²) in [6.45, 7) is 1.89. The lowest BCUT2D eigenvalue weighted by molar-refractivity contribution is 0.177. The van der Waals surface area contributed by atoms with Crippen molar-refractivity contribution in [1.82, 2.24) is 0 Å². The lowest BCUT2D eigenvalue weighted by atomic mass is 10.1. The van der Waals surface area contributed by atoms with E-state index < -0.39 is 6.10 Å². The molecule has 0 spiro atoms. The first-order valence-corrected chi connectivity index (χ1v) is 4.84. The zero-order valence-electron chi connectivity index (χ0n) is 8.13. The van der Waals surface area contributed by atoms with Gasteiger partial charge in [-0.3, -0.25) is 0 Å². The molecule has 1 saturated heterocycles. The van der Waals surface area contributed by atoms with Crippen LogP contribution in [0, 0.1) is 0 Å². The molecule has 0 bridgehead atoms. The summed E-state index contributed by atoms with van der Waals surface area (Å²) in [4.78, 5) is 0. The summed E-state index contributed by atoms with van der Waals surface area (Å²) in [5, 5.41) is 9.61. The molecule has 1 heterocycles. The van der Waals surface area contributed by atoms with Gasteiger partial charge in [0, 0.05) is 0 Å². The number of epoxide rings is 1. The van der Waals surface area contributed by atoms with Crippen LogP contribution in [0.2, 0.25) is 0 Å². The molecular formula is C12H14O2. The number of rotatable bonds is 3. The Balaban J connectivity index is 2.00. The molecule has 0 unspecified atom stereocenters. The summed E-state index contributed by atoms with van der Waals surface area (Å²) in [6.07, 6.45) is 3.13. The number of benzene rings is 1. The van der Waals surface area contributed by atoms with Crippen LogP contribution in [0.4, 0.5) is 0 Å². The Morgan fingerprint density at radius 3 is 2.71 bits per heavy atom. The van der Waals surface area contributed by atoms with Gasteiger partial charge in [-0.05, 0) is 12.5 Å². The zero-order chi connectivity index (χ0) is 9.97. The summed E-state index contributed by atoms with van der Waals surface area (Å²) >= 11 is 0. The molecule has 1 aliphatic rings. The normalized spacial score (nSPS) is 27.9. The van der Waals surface area contributed by atoms with Crippen LogP contribution in [0.15, 0.2) is 42.5 Å². The van der Waals surface area contributed by atoms with Gasteiger partial charge in [-0.15, -0.1) is 0 Å². The van der Waals surface area contributed by atoms with Gasteiger partial charge < -0.3 is 9.84 Å². The average Bonchev–Trinajstić information content (AvgIpc) is 2.99. The van der Waals surface area contributed by atoms with Crippen LogP contribution in [-0.4, -0.2) is 17.3 Å². The SMILES string of the molecule is C/C=C/[C@H](O)[C@@H]1O[C@@H]1c1ccccc1. The van der Waals surface area contributed by atoms with Crippen molar-refractivity contribution in [3.8, 4) is 0 Å². The van der Waals surface area contributed by atoms with Crippen molar-refractivity contribution in [2.75, 3.05) is 0 Å². The molecule has 2 heteroatoms. The number of ether oxygens (including phenoxy) is 1. The summed E-state index contributed by atoms with van der Waals surface area (Å²) < 4.78 is 5.42. The fourth-order valence-electron chi connectivity index (χ4n) is 1.60. The molecular weight excluding hydrogens is 176 g/mol. The van der Waals surface area contributed by atoms with Crippen LogP contribution in [0.25, 0.3) is 0 Å². The van der Waals surface area contributed by atoms with Crippen LogP contribution in [0.5, 0.6) is 0 Å². The van der Waals surface area contributed by atoms with Crippen LogP contribution in [0.3, 0.4) is 0 Å². The summed E-state index contributed by atoms with van der Waals surface area (Å²) in [6, 6.07) is 9.98. The molecule has 0 aliphatic carbocycles. The van der Waals surface area contributed by atoms with Crippen molar-refractivity contribution in [1.29, 1.82) is 0 Å². The van der Waals surface area contributed by atoms with E-state index in [1.54, 1.807) is 6.08 Å². The van der Waals surface area contributed by atoms with E-state index in [1.165, 1.54) is 0 Å². The Kier molecular flexibility index (Phi) is 2.66. The second-order valence-corrected chi connectivity index (χ2v) is 3.45. The molecule has 1 N–H and O–H groups in total. The molecule has 1 aromatic carbocycles. The van der Waals surface area contributed by atoms with Gasteiger partial charge >= 0.3 is 0 Å². The Hall–Kier alpha value is -1.12. The lowest BCUT2D eigenvalue weighted by Gasteiger charge is -1.99. The van der Waals surface area contributed by atoms with E-state index >= 15 is 0 Å². The van der Waals surface area contributed by atoms with Gasteiger partial charge in [-0.25, -0.2) is 0 Å². The molecule has 0 amide bonds. The van der Waals surface area contributed by atoms with Crippen LogP contribution in [0.1, 0.15) is 18.6 Å². The second kappa shape index (κ2) is 3.95. The predicted octanol–water partition coefficient (Wildman–Crippen LogP) is 2.06. The summed E-state index contributed by atoms with van der Waals surface area (Å²) in [5.74, 6) is 0. The third-order valence-electron chi connectivity index (χ3n) is 2.38. The van der Waals surface area contributed by atoms with E-state index in [4.69, 9.17) is 4.74 Å². The van der Waals surface area contributed by atoms with Gasteiger partial charge in [0.25, 0.3) is 0 Å². The highest BCUT2D eigenvalue weighted by atomic mass is 16.6. The largest absolute Gasteiger partial charge is 0.386 e. The standard InChI is InChI=1S/C12H14O2/c1-2-6-10(13)12-11(14-12)9-7-4-3-5-8-9/h2-8,10-13H,1H3/b6-2+/t10-,11+,12-/m0/s1. The molecule has 0 radical (unpaired) electrons. The van der Waals surface area contributed by atoms with Crippen molar-refractivity contribution in [3.63, 3.8) is 0 Å². The first kappa shape index (κ1) is 9.44. The fraction of sp³-hybridized carbons (Fsp3) is 0.333. The topological polar surface area (TPSA) is 32.8 Å². The Morgan fingerprint density at radius 2 is 2.07 bits per heavy atom. The van der Waals surface area contributed by atoms with Crippen LogP contribution < -0.4 is 0 Å². The van der Waals surface area contributed by atoms with E-state index in [2.05, 4.69) is 0 Å². The highest BCUT2D eigenvalue weighted by molar-refractivity contribution is 5.23. The van der Waals surface area contributed by atoms with Crippen molar-refractivity contribution in [3.05, 3.63) is 48.0 Å². The highest BCUT2D eigenvalue weighted by Crippen LogP contribution is 2.40.